The Hall–Kier alpha value is -1.56. The summed E-state index contributed by atoms with van der Waals surface area (Å²) >= 11 is 0. The summed E-state index contributed by atoms with van der Waals surface area (Å²) in [5, 5.41) is 0. The Morgan fingerprint density at radius 1 is 0.789 bits per heavy atom. The van der Waals surface area contributed by atoms with E-state index >= 15 is 0 Å². The number of hydrogen-bond acceptors (Lipinski definition) is 0. The lowest BCUT2D eigenvalue weighted by Crippen LogP contribution is -2.00. The highest BCUT2D eigenvalue weighted by atomic mass is 14.1. The number of benzene rings is 2. The zero-order valence-corrected chi connectivity index (χ0v) is 12.5. The van der Waals surface area contributed by atoms with Gasteiger partial charge in [0, 0.05) is 0 Å². The van der Waals surface area contributed by atoms with Gasteiger partial charge in [0.25, 0.3) is 0 Å². The van der Waals surface area contributed by atoms with Gasteiger partial charge in [-0.25, -0.2) is 0 Å². The first kappa shape index (κ1) is 13.9. The Kier molecular flexibility index (Phi) is 4.42. The fraction of sp³-hybridized carbons (Fsp3) is 0.368. The third kappa shape index (κ3) is 3.47. The van der Waals surface area contributed by atoms with Crippen LogP contribution in [0.4, 0.5) is 0 Å². The van der Waals surface area contributed by atoms with Gasteiger partial charge in [-0.15, -0.1) is 0 Å². The molecule has 0 saturated carbocycles. The molecule has 2 rings (SSSR count). The molecule has 19 heavy (non-hydrogen) atoms. The molecule has 0 atom stereocenters. The van der Waals surface area contributed by atoms with Gasteiger partial charge >= 0.3 is 0 Å². The molecular formula is C19H24. The van der Waals surface area contributed by atoms with Crippen LogP contribution in [0.15, 0.2) is 48.5 Å². The third-order valence-electron chi connectivity index (χ3n) is 3.69. The molecule has 0 radical (unpaired) electrons. The van der Waals surface area contributed by atoms with Gasteiger partial charge in [0.2, 0.25) is 0 Å². The zero-order chi connectivity index (χ0) is 13.8. The molecule has 0 aromatic heterocycles. The highest BCUT2D eigenvalue weighted by Crippen LogP contribution is 2.26. The molecule has 0 fully saturated rings. The van der Waals surface area contributed by atoms with Crippen molar-refractivity contribution < 1.29 is 0 Å². The molecule has 2 aromatic carbocycles. The predicted molar refractivity (Wildman–Crippen MR) is 83.9 cm³/mol. The van der Waals surface area contributed by atoms with E-state index in [9.17, 15) is 0 Å². The van der Waals surface area contributed by atoms with Crippen LogP contribution in [0.25, 0.3) is 0 Å². The summed E-state index contributed by atoms with van der Waals surface area (Å²) in [6.07, 6.45) is 1.04. The van der Waals surface area contributed by atoms with Crippen molar-refractivity contribution >= 4 is 0 Å². The van der Waals surface area contributed by atoms with Crippen LogP contribution in [0.1, 0.15) is 61.8 Å². The summed E-state index contributed by atoms with van der Waals surface area (Å²) in [4.78, 5) is 0. The van der Waals surface area contributed by atoms with Crippen LogP contribution in [-0.2, 0) is 6.42 Å². The lowest BCUT2D eigenvalue weighted by atomic mass is 9.89. The molecular weight excluding hydrogens is 228 g/mol. The van der Waals surface area contributed by atoms with Crippen LogP contribution in [-0.4, -0.2) is 0 Å². The summed E-state index contributed by atoms with van der Waals surface area (Å²) in [7, 11) is 0. The van der Waals surface area contributed by atoms with Gasteiger partial charge in [-0.3, -0.25) is 0 Å². The van der Waals surface area contributed by atoms with Gasteiger partial charge in [0.05, 0.1) is 0 Å². The standard InChI is InChI=1S/C19H24/c1-14(2)17-10-11-19(15(3)4)18(13-17)12-16-8-6-5-7-9-16/h5-11,13-15H,12H2,1-4H3. The highest BCUT2D eigenvalue weighted by Gasteiger charge is 2.09. The summed E-state index contributed by atoms with van der Waals surface area (Å²) in [5.41, 5.74) is 5.79. The van der Waals surface area contributed by atoms with Crippen molar-refractivity contribution in [2.45, 2.75) is 46.0 Å². The quantitative estimate of drug-likeness (QED) is 0.671. The van der Waals surface area contributed by atoms with Crippen LogP contribution < -0.4 is 0 Å². The minimum absolute atomic E-state index is 0.583. The summed E-state index contributed by atoms with van der Waals surface area (Å²) in [6.45, 7) is 9.07. The van der Waals surface area contributed by atoms with E-state index in [2.05, 4.69) is 76.2 Å². The van der Waals surface area contributed by atoms with Crippen molar-refractivity contribution in [3.63, 3.8) is 0 Å². The Balaban J connectivity index is 2.38. The normalized spacial score (nSPS) is 11.3. The second kappa shape index (κ2) is 6.06. The molecule has 2 aromatic rings. The topological polar surface area (TPSA) is 0 Å². The molecule has 0 spiro atoms. The molecule has 0 N–H and O–H groups in total. The molecule has 0 bridgehead atoms. The second-order valence-electron chi connectivity index (χ2n) is 5.93. The van der Waals surface area contributed by atoms with Crippen molar-refractivity contribution in [2.75, 3.05) is 0 Å². The summed E-state index contributed by atoms with van der Waals surface area (Å²) < 4.78 is 0. The first-order valence-electron chi connectivity index (χ1n) is 7.24. The van der Waals surface area contributed by atoms with Gasteiger partial charge in [-0.1, -0.05) is 76.2 Å². The van der Waals surface area contributed by atoms with E-state index in [4.69, 9.17) is 0 Å². The van der Waals surface area contributed by atoms with Crippen molar-refractivity contribution in [2.24, 2.45) is 0 Å². The molecule has 0 aliphatic carbocycles. The number of rotatable bonds is 4. The number of hydrogen-bond donors (Lipinski definition) is 0. The smallest absolute Gasteiger partial charge is 0.00228 e. The molecule has 0 aliphatic rings. The van der Waals surface area contributed by atoms with E-state index in [1.54, 1.807) is 0 Å². The average molecular weight is 252 g/mol. The summed E-state index contributed by atoms with van der Waals surface area (Å²) in [6, 6.07) is 17.8. The maximum atomic E-state index is 2.40. The Morgan fingerprint density at radius 2 is 1.47 bits per heavy atom. The molecule has 0 unspecified atom stereocenters. The van der Waals surface area contributed by atoms with Crippen LogP contribution in [0.2, 0.25) is 0 Å². The lowest BCUT2D eigenvalue weighted by molar-refractivity contribution is 0.828. The highest BCUT2D eigenvalue weighted by molar-refractivity contribution is 5.38. The molecule has 0 aliphatic heterocycles. The van der Waals surface area contributed by atoms with Crippen molar-refractivity contribution in [1.82, 2.24) is 0 Å². The van der Waals surface area contributed by atoms with E-state index in [1.165, 1.54) is 22.3 Å². The largest absolute Gasteiger partial charge is 0.0622 e. The van der Waals surface area contributed by atoms with Crippen molar-refractivity contribution in [1.29, 1.82) is 0 Å². The molecule has 100 valence electrons. The monoisotopic (exact) mass is 252 g/mol. The average Bonchev–Trinajstić information content (AvgIpc) is 2.39. The molecule has 0 nitrogen and oxygen atoms in total. The maximum absolute atomic E-state index is 2.40. The summed E-state index contributed by atoms with van der Waals surface area (Å²) in [5.74, 6) is 1.18. The van der Waals surface area contributed by atoms with Crippen molar-refractivity contribution in [3.8, 4) is 0 Å². The van der Waals surface area contributed by atoms with E-state index in [0.717, 1.165) is 6.42 Å². The molecule has 0 heterocycles. The zero-order valence-electron chi connectivity index (χ0n) is 12.5. The first-order chi connectivity index (χ1) is 9.08. The Bertz CT molecular complexity index is 521. The van der Waals surface area contributed by atoms with Gasteiger partial charge < -0.3 is 0 Å². The molecule has 0 amide bonds. The third-order valence-corrected chi connectivity index (χ3v) is 3.69. The SMILES string of the molecule is CC(C)c1ccc(C(C)C)c(Cc2ccccc2)c1. The van der Waals surface area contributed by atoms with Crippen LogP contribution in [0.3, 0.4) is 0 Å². The minimum atomic E-state index is 0.583. The van der Waals surface area contributed by atoms with E-state index in [0.29, 0.717) is 11.8 Å². The van der Waals surface area contributed by atoms with Crippen LogP contribution >= 0.6 is 0 Å². The maximum Gasteiger partial charge on any atom is -0.00228 e. The Morgan fingerprint density at radius 3 is 2.05 bits per heavy atom. The molecule has 0 heteroatoms. The van der Waals surface area contributed by atoms with E-state index in [1.807, 2.05) is 0 Å². The van der Waals surface area contributed by atoms with Gasteiger partial charge in [0.1, 0.15) is 0 Å². The predicted octanol–water partition coefficient (Wildman–Crippen LogP) is 5.52. The van der Waals surface area contributed by atoms with Crippen molar-refractivity contribution in [3.05, 3.63) is 70.8 Å². The van der Waals surface area contributed by atoms with E-state index in [-0.39, 0.29) is 0 Å². The van der Waals surface area contributed by atoms with Crippen LogP contribution in [0.5, 0.6) is 0 Å². The van der Waals surface area contributed by atoms with E-state index < -0.39 is 0 Å². The minimum Gasteiger partial charge on any atom is -0.0622 e. The second-order valence-corrected chi connectivity index (χ2v) is 5.93. The molecule has 0 saturated heterocycles. The first-order valence-corrected chi connectivity index (χ1v) is 7.24. The van der Waals surface area contributed by atoms with Gasteiger partial charge in [0.15, 0.2) is 0 Å². The Labute approximate surface area is 117 Å². The van der Waals surface area contributed by atoms with Gasteiger partial charge in [-0.05, 0) is 40.5 Å². The lowest BCUT2D eigenvalue weighted by Gasteiger charge is -2.16. The fourth-order valence-electron chi connectivity index (χ4n) is 2.52. The fourth-order valence-corrected chi connectivity index (χ4v) is 2.52. The van der Waals surface area contributed by atoms with Gasteiger partial charge in [-0.2, -0.15) is 0 Å². The van der Waals surface area contributed by atoms with Crippen LogP contribution in [0, 0.1) is 0 Å².